The maximum atomic E-state index is 5.36. The van der Waals surface area contributed by atoms with E-state index in [1.165, 1.54) is 0 Å². The molecular formula is C6H4O4. The van der Waals surface area contributed by atoms with E-state index in [1.54, 1.807) is 0 Å². The van der Waals surface area contributed by atoms with Crippen LogP contribution in [0, 0.1) is 0 Å². The average molecular weight is 140 g/mol. The number of epoxide rings is 4. The molecule has 1 saturated carbocycles. The van der Waals surface area contributed by atoms with Crippen LogP contribution in [0.3, 0.4) is 0 Å². The van der Waals surface area contributed by atoms with Gasteiger partial charge in [0.2, 0.25) is 11.6 Å². The number of hydrogen-bond donors (Lipinski definition) is 0. The number of hydrogen-bond acceptors (Lipinski definition) is 4. The van der Waals surface area contributed by atoms with Gasteiger partial charge in [-0.2, -0.15) is 0 Å². The van der Waals surface area contributed by atoms with Crippen LogP contribution in [-0.4, -0.2) is 23.1 Å². The Morgan fingerprint density at radius 2 is 1.10 bits per heavy atom. The summed E-state index contributed by atoms with van der Waals surface area (Å²) in [4.78, 5) is 0. The topological polar surface area (TPSA) is 50.1 Å². The van der Waals surface area contributed by atoms with Gasteiger partial charge in [0.25, 0.3) is 11.6 Å². The highest BCUT2D eigenvalue weighted by molar-refractivity contribution is 5.44. The van der Waals surface area contributed by atoms with Crippen LogP contribution in [0.2, 0.25) is 0 Å². The lowest BCUT2D eigenvalue weighted by molar-refractivity contribution is -0.203. The zero-order valence-corrected chi connectivity index (χ0v) is 5.05. The molecule has 5 fully saturated rings. The van der Waals surface area contributed by atoms with Gasteiger partial charge in [-0.25, -0.2) is 0 Å². The van der Waals surface area contributed by atoms with E-state index in [2.05, 4.69) is 0 Å². The molecule has 0 radical (unpaired) electrons. The molecule has 0 aromatic carbocycles. The molecule has 0 atom stereocenters. The zero-order chi connectivity index (χ0) is 6.24. The highest BCUT2D eigenvalue weighted by Crippen LogP contribution is 2.93. The summed E-state index contributed by atoms with van der Waals surface area (Å²) in [5, 5.41) is 0. The van der Waals surface area contributed by atoms with E-state index in [1.807, 2.05) is 0 Å². The van der Waals surface area contributed by atoms with Crippen molar-refractivity contribution >= 4 is 0 Å². The molecule has 5 rings (SSSR count). The van der Waals surface area contributed by atoms with E-state index in [9.17, 15) is 0 Å². The first-order chi connectivity index (χ1) is 4.79. The Morgan fingerprint density at radius 1 is 0.700 bits per heavy atom. The van der Waals surface area contributed by atoms with E-state index in [-0.39, 0.29) is 11.6 Å². The summed E-state index contributed by atoms with van der Waals surface area (Å²) in [6.45, 7) is 0. The summed E-state index contributed by atoms with van der Waals surface area (Å²) in [6, 6.07) is 0. The number of rotatable bonds is 0. The first-order valence-electron chi connectivity index (χ1n) is 3.59. The molecule has 4 heterocycles. The fourth-order valence-corrected chi connectivity index (χ4v) is 2.47. The summed E-state index contributed by atoms with van der Waals surface area (Å²) in [5.74, 6) is -1.33. The predicted molar refractivity (Wildman–Crippen MR) is 24.5 cm³/mol. The lowest BCUT2D eigenvalue weighted by Crippen LogP contribution is -2.17. The molecule has 0 amide bonds. The maximum Gasteiger partial charge on any atom is 0.291 e. The van der Waals surface area contributed by atoms with Crippen molar-refractivity contribution < 1.29 is 18.9 Å². The van der Waals surface area contributed by atoms with Crippen LogP contribution in [0.4, 0.5) is 0 Å². The van der Waals surface area contributed by atoms with Crippen LogP contribution in [0.5, 0.6) is 0 Å². The molecule has 0 unspecified atom stereocenters. The van der Waals surface area contributed by atoms with Crippen molar-refractivity contribution in [1.29, 1.82) is 0 Å². The van der Waals surface area contributed by atoms with Gasteiger partial charge >= 0.3 is 0 Å². The molecule has 1 aliphatic carbocycles. The molecule has 0 aromatic heterocycles. The molecule has 0 aromatic rings. The first-order valence-corrected chi connectivity index (χ1v) is 3.59. The second kappa shape index (κ2) is 0.610. The first kappa shape index (κ1) is 4.01. The fraction of sp³-hybridized carbons (Fsp3) is 1.00. The molecule has 0 spiro atoms. The third kappa shape index (κ3) is 0.148. The Balaban J connectivity index is 1.88. The van der Waals surface area contributed by atoms with Crippen molar-refractivity contribution in [2.75, 3.05) is 0 Å². The maximum absolute atomic E-state index is 5.36. The molecule has 4 heteroatoms. The van der Waals surface area contributed by atoms with Crippen molar-refractivity contribution in [2.45, 2.75) is 36.0 Å². The van der Waals surface area contributed by atoms with Crippen molar-refractivity contribution in [2.24, 2.45) is 0 Å². The Labute approximate surface area is 56.0 Å². The third-order valence-corrected chi connectivity index (χ3v) is 3.29. The van der Waals surface area contributed by atoms with Crippen molar-refractivity contribution in [3.8, 4) is 0 Å². The molecule has 52 valence electrons. The SMILES string of the molecule is C1CC23OC2(O3)C23OC12O3. The van der Waals surface area contributed by atoms with E-state index < -0.39 is 11.6 Å². The largest absolute Gasteiger partial charge is 0.302 e. The summed E-state index contributed by atoms with van der Waals surface area (Å²) < 4.78 is 21.5. The Hall–Kier alpha value is -0.160. The van der Waals surface area contributed by atoms with Crippen molar-refractivity contribution in [3.05, 3.63) is 0 Å². The highest BCUT2D eigenvalue weighted by atomic mass is 17.2. The van der Waals surface area contributed by atoms with E-state index in [0.717, 1.165) is 12.8 Å². The minimum absolute atomic E-state index is 0.247. The van der Waals surface area contributed by atoms with Gasteiger partial charge in [-0.1, -0.05) is 0 Å². The Kier molecular flexibility index (Phi) is 0.245. The normalized spacial score (nSPS) is 91.2. The summed E-state index contributed by atoms with van der Waals surface area (Å²) in [7, 11) is 0. The molecule has 4 nitrogen and oxygen atoms in total. The van der Waals surface area contributed by atoms with Crippen LogP contribution < -0.4 is 0 Å². The summed E-state index contributed by atoms with van der Waals surface area (Å²) in [6.07, 6.45) is 1.88. The second-order valence-corrected chi connectivity index (χ2v) is 3.65. The lowest BCUT2D eigenvalue weighted by atomic mass is 10.0. The van der Waals surface area contributed by atoms with Gasteiger partial charge in [0.15, 0.2) is 0 Å². The minimum atomic E-state index is -0.418. The van der Waals surface area contributed by atoms with E-state index in [0.29, 0.717) is 0 Å². The van der Waals surface area contributed by atoms with Gasteiger partial charge < -0.3 is 18.9 Å². The molecule has 0 N–H and O–H groups in total. The molecule has 5 aliphatic rings. The summed E-state index contributed by atoms with van der Waals surface area (Å²) in [5.41, 5.74) is 0. The van der Waals surface area contributed by atoms with Gasteiger partial charge in [-0.05, 0) is 0 Å². The van der Waals surface area contributed by atoms with Gasteiger partial charge in [0.05, 0.1) is 0 Å². The quantitative estimate of drug-likeness (QED) is 0.433. The fourth-order valence-electron chi connectivity index (χ4n) is 2.47. The molecule has 10 heavy (non-hydrogen) atoms. The average Bonchev–Trinajstić information content (AvgIpc) is 2.55. The standard InChI is InChI=1S/C6H4O4/c1-2-4-6(9-4,10-4)5-3(1,7-5)8-5/h1-2H2. The van der Waals surface area contributed by atoms with Crippen molar-refractivity contribution in [3.63, 3.8) is 0 Å². The van der Waals surface area contributed by atoms with Crippen LogP contribution in [0.1, 0.15) is 12.8 Å². The number of ether oxygens (including phenoxy) is 4. The Morgan fingerprint density at radius 3 is 1.50 bits per heavy atom. The monoisotopic (exact) mass is 140 g/mol. The van der Waals surface area contributed by atoms with Crippen LogP contribution in [0.15, 0.2) is 0 Å². The van der Waals surface area contributed by atoms with Gasteiger partial charge in [-0.3, -0.25) is 0 Å². The molecule has 0 bridgehead atoms. The van der Waals surface area contributed by atoms with Crippen LogP contribution >= 0.6 is 0 Å². The zero-order valence-electron chi connectivity index (χ0n) is 5.05. The third-order valence-electron chi connectivity index (χ3n) is 3.29. The smallest absolute Gasteiger partial charge is 0.291 e. The summed E-state index contributed by atoms with van der Waals surface area (Å²) >= 11 is 0. The molecular weight excluding hydrogens is 136 g/mol. The van der Waals surface area contributed by atoms with Crippen LogP contribution in [0.25, 0.3) is 0 Å². The minimum Gasteiger partial charge on any atom is -0.302 e. The predicted octanol–water partition coefficient (Wildman–Crippen LogP) is -0.314. The second-order valence-electron chi connectivity index (χ2n) is 3.65. The van der Waals surface area contributed by atoms with Gasteiger partial charge in [0, 0.05) is 12.8 Å². The highest BCUT2D eigenvalue weighted by Gasteiger charge is 3.18. The van der Waals surface area contributed by atoms with Gasteiger partial charge in [0.1, 0.15) is 0 Å². The molecule has 4 saturated heterocycles. The van der Waals surface area contributed by atoms with Crippen molar-refractivity contribution in [1.82, 2.24) is 0 Å². The van der Waals surface area contributed by atoms with Gasteiger partial charge in [-0.15, -0.1) is 0 Å². The van der Waals surface area contributed by atoms with E-state index in [4.69, 9.17) is 18.9 Å². The van der Waals surface area contributed by atoms with E-state index >= 15 is 0 Å². The lowest BCUT2D eigenvalue weighted by Gasteiger charge is -2.03. The Bertz CT molecular complexity index is 254. The molecule has 4 aliphatic heterocycles. The van der Waals surface area contributed by atoms with Crippen LogP contribution in [-0.2, 0) is 18.9 Å².